The molecule has 2 aromatic rings. The van der Waals surface area contributed by atoms with E-state index >= 15 is 0 Å². The molecule has 2 aromatic carbocycles. The Morgan fingerprint density at radius 2 is 1.95 bits per heavy atom. The summed E-state index contributed by atoms with van der Waals surface area (Å²) in [6, 6.07) is 15.4. The molecule has 0 radical (unpaired) electrons. The fourth-order valence-electron chi connectivity index (χ4n) is 1.92. The third-order valence-corrected chi connectivity index (χ3v) is 3.30. The van der Waals surface area contributed by atoms with Gasteiger partial charge < -0.3 is 15.2 Å². The lowest BCUT2D eigenvalue weighted by molar-refractivity contribution is 0.106. The molecule has 2 N–H and O–H groups in total. The highest BCUT2D eigenvalue weighted by molar-refractivity contribution is 6.30. The molecule has 21 heavy (non-hydrogen) atoms. The maximum absolute atomic E-state index is 9.88. The minimum Gasteiger partial charge on any atom is -0.491 e. The molecule has 0 amide bonds. The maximum atomic E-state index is 9.88. The second kappa shape index (κ2) is 8.03. The van der Waals surface area contributed by atoms with Crippen LogP contribution in [0.4, 0.5) is 0 Å². The van der Waals surface area contributed by atoms with Crippen LogP contribution in [0, 0.1) is 6.92 Å². The van der Waals surface area contributed by atoms with Crippen LogP contribution in [0.2, 0.25) is 5.02 Å². The van der Waals surface area contributed by atoms with E-state index in [9.17, 15) is 5.11 Å². The van der Waals surface area contributed by atoms with Crippen molar-refractivity contribution in [2.75, 3.05) is 13.2 Å². The average molecular weight is 306 g/mol. The highest BCUT2D eigenvalue weighted by atomic mass is 35.5. The highest BCUT2D eigenvalue weighted by Crippen LogP contribution is 2.12. The van der Waals surface area contributed by atoms with Gasteiger partial charge in [-0.3, -0.25) is 0 Å². The maximum Gasteiger partial charge on any atom is 0.119 e. The molecule has 0 fully saturated rings. The predicted molar refractivity (Wildman–Crippen MR) is 85.8 cm³/mol. The first-order valence-electron chi connectivity index (χ1n) is 6.96. The van der Waals surface area contributed by atoms with Crippen LogP contribution in [-0.2, 0) is 6.54 Å². The van der Waals surface area contributed by atoms with Gasteiger partial charge in [0.05, 0.1) is 0 Å². The average Bonchev–Trinajstić information content (AvgIpc) is 2.47. The van der Waals surface area contributed by atoms with E-state index in [4.69, 9.17) is 16.3 Å². The van der Waals surface area contributed by atoms with Gasteiger partial charge in [0.2, 0.25) is 0 Å². The van der Waals surface area contributed by atoms with E-state index in [0.717, 1.165) is 16.3 Å². The Morgan fingerprint density at radius 3 is 2.67 bits per heavy atom. The molecule has 0 spiro atoms. The summed E-state index contributed by atoms with van der Waals surface area (Å²) in [7, 11) is 0. The Hall–Kier alpha value is -1.55. The van der Waals surface area contributed by atoms with Crippen molar-refractivity contribution in [3.05, 3.63) is 64.7 Å². The van der Waals surface area contributed by atoms with Crippen LogP contribution >= 0.6 is 11.6 Å². The fraction of sp³-hybridized carbons (Fsp3) is 0.294. The number of benzene rings is 2. The minimum atomic E-state index is -0.550. The normalized spacial score (nSPS) is 12.1. The molecule has 3 nitrogen and oxygen atoms in total. The molecule has 0 saturated carbocycles. The fourth-order valence-corrected chi connectivity index (χ4v) is 2.13. The summed E-state index contributed by atoms with van der Waals surface area (Å²) in [4.78, 5) is 0. The summed E-state index contributed by atoms with van der Waals surface area (Å²) in [5.41, 5.74) is 2.28. The van der Waals surface area contributed by atoms with Gasteiger partial charge in [-0.1, -0.05) is 41.4 Å². The molecule has 1 unspecified atom stereocenters. The van der Waals surface area contributed by atoms with E-state index in [1.54, 1.807) is 0 Å². The number of aryl methyl sites for hydroxylation is 1. The van der Waals surface area contributed by atoms with Gasteiger partial charge in [-0.15, -0.1) is 0 Å². The molecule has 0 aliphatic rings. The Labute approximate surface area is 130 Å². The van der Waals surface area contributed by atoms with Gasteiger partial charge in [0, 0.05) is 18.1 Å². The van der Waals surface area contributed by atoms with Crippen LogP contribution in [-0.4, -0.2) is 24.4 Å². The lowest BCUT2D eigenvalue weighted by Gasteiger charge is -2.13. The lowest BCUT2D eigenvalue weighted by Crippen LogP contribution is -2.31. The second-order valence-corrected chi connectivity index (χ2v) is 5.48. The van der Waals surface area contributed by atoms with Crippen molar-refractivity contribution >= 4 is 11.6 Å². The zero-order chi connectivity index (χ0) is 15.1. The SMILES string of the molecule is Cc1ccc(OCC(O)CNCc2cccc(Cl)c2)cc1. The third-order valence-electron chi connectivity index (χ3n) is 3.06. The van der Waals surface area contributed by atoms with Crippen LogP contribution in [0.1, 0.15) is 11.1 Å². The quantitative estimate of drug-likeness (QED) is 0.825. The van der Waals surface area contributed by atoms with Crippen LogP contribution < -0.4 is 10.1 Å². The van der Waals surface area contributed by atoms with E-state index in [1.807, 2.05) is 55.5 Å². The number of hydrogen-bond acceptors (Lipinski definition) is 3. The third kappa shape index (κ3) is 5.76. The Kier molecular flexibility index (Phi) is 6.05. The molecule has 2 rings (SSSR count). The smallest absolute Gasteiger partial charge is 0.119 e. The number of rotatable bonds is 7. The second-order valence-electron chi connectivity index (χ2n) is 5.04. The van der Waals surface area contributed by atoms with Crippen LogP contribution in [0.5, 0.6) is 5.75 Å². The van der Waals surface area contributed by atoms with E-state index in [2.05, 4.69) is 5.32 Å². The van der Waals surface area contributed by atoms with Gasteiger partial charge in [0.15, 0.2) is 0 Å². The van der Waals surface area contributed by atoms with Crippen molar-refractivity contribution < 1.29 is 9.84 Å². The number of ether oxygens (including phenoxy) is 1. The van der Waals surface area contributed by atoms with Gasteiger partial charge in [-0.25, -0.2) is 0 Å². The molecule has 0 saturated heterocycles. The minimum absolute atomic E-state index is 0.269. The molecule has 0 aliphatic carbocycles. The first-order valence-corrected chi connectivity index (χ1v) is 7.34. The zero-order valence-electron chi connectivity index (χ0n) is 12.1. The molecule has 0 heterocycles. The Balaban J connectivity index is 1.67. The lowest BCUT2D eigenvalue weighted by atomic mass is 10.2. The molecule has 112 valence electrons. The summed E-state index contributed by atoms with van der Waals surface area (Å²) in [5.74, 6) is 0.773. The van der Waals surface area contributed by atoms with Crippen molar-refractivity contribution in [1.29, 1.82) is 0 Å². The first kappa shape index (κ1) is 15.8. The summed E-state index contributed by atoms with van der Waals surface area (Å²) < 4.78 is 5.53. The highest BCUT2D eigenvalue weighted by Gasteiger charge is 2.05. The molecule has 4 heteroatoms. The molecule has 1 atom stereocenters. The van der Waals surface area contributed by atoms with Crippen LogP contribution in [0.15, 0.2) is 48.5 Å². The molecule has 0 aromatic heterocycles. The first-order chi connectivity index (χ1) is 10.1. The number of aliphatic hydroxyl groups is 1. The van der Waals surface area contributed by atoms with Gasteiger partial charge in [-0.2, -0.15) is 0 Å². The summed E-state index contributed by atoms with van der Waals surface area (Å²) in [6.07, 6.45) is -0.550. The topological polar surface area (TPSA) is 41.5 Å². The molecule has 0 aliphatic heterocycles. The van der Waals surface area contributed by atoms with E-state index in [0.29, 0.717) is 13.1 Å². The zero-order valence-corrected chi connectivity index (χ0v) is 12.8. The summed E-state index contributed by atoms with van der Waals surface area (Å²) in [6.45, 7) is 3.44. The Bertz CT molecular complexity index is 557. The largest absolute Gasteiger partial charge is 0.491 e. The van der Waals surface area contributed by atoms with E-state index < -0.39 is 6.10 Å². The standard InChI is InChI=1S/C17H20ClNO2/c1-13-5-7-17(8-6-13)21-12-16(20)11-19-10-14-3-2-4-15(18)9-14/h2-9,16,19-20H,10-12H2,1H3. The van der Waals surface area contributed by atoms with Crippen molar-refractivity contribution in [2.24, 2.45) is 0 Å². The summed E-state index contributed by atoms with van der Waals surface area (Å²) >= 11 is 5.92. The van der Waals surface area contributed by atoms with Gasteiger partial charge in [0.25, 0.3) is 0 Å². The van der Waals surface area contributed by atoms with Crippen molar-refractivity contribution in [3.63, 3.8) is 0 Å². The molecular weight excluding hydrogens is 286 g/mol. The number of nitrogens with one attached hydrogen (secondary N) is 1. The number of halogens is 1. The number of hydrogen-bond donors (Lipinski definition) is 2. The van der Waals surface area contributed by atoms with Gasteiger partial charge in [-0.05, 0) is 36.8 Å². The van der Waals surface area contributed by atoms with Crippen molar-refractivity contribution in [1.82, 2.24) is 5.32 Å². The van der Waals surface area contributed by atoms with Crippen molar-refractivity contribution in [2.45, 2.75) is 19.6 Å². The monoisotopic (exact) mass is 305 g/mol. The Morgan fingerprint density at radius 1 is 1.19 bits per heavy atom. The number of aliphatic hydroxyl groups excluding tert-OH is 1. The van der Waals surface area contributed by atoms with Gasteiger partial charge in [0.1, 0.15) is 18.5 Å². The van der Waals surface area contributed by atoms with Crippen molar-refractivity contribution in [3.8, 4) is 5.75 Å². The predicted octanol–water partition coefficient (Wildman–Crippen LogP) is 3.18. The van der Waals surface area contributed by atoms with Gasteiger partial charge >= 0.3 is 0 Å². The van der Waals surface area contributed by atoms with E-state index in [1.165, 1.54) is 5.56 Å². The van der Waals surface area contributed by atoms with Crippen LogP contribution in [0.25, 0.3) is 0 Å². The van der Waals surface area contributed by atoms with Crippen LogP contribution in [0.3, 0.4) is 0 Å². The molecule has 0 bridgehead atoms. The summed E-state index contributed by atoms with van der Waals surface area (Å²) in [5, 5.41) is 13.8. The molecular formula is C17H20ClNO2. The van der Waals surface area contributed by atoms with E-state index in [-0.39, 0.29) is 6.61 Å².